The van der Waals surface area contributed by atoms with Gasteiger partial charge in [-0.2, -0.15) is 0 Å². The second-order valence-corrected chi connectivity index (χ2v) is 21.6. The maximum atomic E-state index is 14.9. The number of hydrogen-bond acceptors (Lipinski definition) is 17. The van der Waals surface area contributed by atoms with Crippen LogP contribution in [0.4, 0.5) is 4.79 Å². The number of aromatic nitrogens is 1. The number of hydrogen-bond donors (Lipinski definition) is 4. The lowest BCUT2D eigenvalue weighted by atomic mass is 9.78. The van der Waals surface area contributed by atoms with Crippen molar-refractivity contribution in [2.24, 2.45) is 34.3 Å². The highest BCUT2D eigenvalue weighted by Gasteiger charge is 2.39. The molecule has 434 valence electrons. The summed E-state index contributed by atoms with van der Waals surface area (Å²) in [5.41, 5.74) is 10.9. The molecule has 0 aliphatic rings. The standard InChI is InChI=1S/C58H88N6O14/c1-41(2)34-47(59)55(69)61-38-52(67)78-50(40-64(63-54(68)46(57(3,4)5)37-51(66)72-10)39-43-19-21-44(22-20-43)48-18-14-15-23-60-48)45(35-42-16-12-11-13-17-42)36-49(65)53(58(6,7)8)62-56(70)77-33-32-76-31-30-75-29-28-74-27-26-73-25-24-71-9/h11-23,41,45-47,50,53H,24-40,59H2,1-10H3,(H,61,69)(H,62,70)(H,63,68)/t45-,46-,47+,50+,53-/m1/s1. The lowest BCUT2D eigenvalue weighted by molar-refractivity contribution is -0.156. The van der Waals surface area contributed by atoms with E-state index in [4.69, 9.17) is 43.6 Å². The van der Waals surface area contributed by atoms with Crippen LogP contribution >= 0.6 is 0 Å². The number of amides is 3. The lowest BCUT2D eigenvalue weighted by Crippen LogP contribution is -2.53. The van der Waals surface area contributed by atoms with Crippen LogP contribution in [0.2, 0.25) is 0 Å². The average Bonchev–Trinajstić information content (AvgIpc) is 3.40. The third-order valence-corrected chi connectivity index (χ3v) is 12.5. The molecular weight excluding hydrogens is 1000 g/mol. The second kappa shape index (κ2) is 35.6. The van der Waals surface area contributed by atoms with Gasteiger partial charge in [-0.15, -0.1) is 0 Å². The number of hydrazine groups is 1. The minimum absolute atomic E-state index is 0.0805. The van der Waals surface area contributed by atoms with E-state index in [9.17, 15) is 28.8 Å². The van der Waals surface area contributed by atoms with Gasteiger partial charge < -0.3 is 54.3 Å². The minimum atomic E-state index is -1.14. The first kappa shape index (κ1) is 66.4. The zero-order chi connectivity index (χ0) is 57.5. The molecule has 0 aliphatic carbocycles. The predicted octanol–water partition coefficient (Wildman–Crippen LogP) is 5.88. The van der Waals surface area contributed by atoms with E-state index in [2.05, 4.69) is 21.0 Å². The third kappa shape index (κ3) is 26.7. The minimum Gasteiger partial charge on any atom is -0.469 e. The van der Waals surface area contributed by atoms with Crippen molar-refractivity contribution in [1.82, 2.24) is 26.1 Å². The summed E-state index contributed by atoms with van der Waals surface area (Å²) >= 11 is 0. The Morgan fingerprint density at radius 2 is 1.26 bits per heavy atom. The smallest absolute Gasteiger partial charge is 0.407 e. The maximum Gasteiger partial charge on any atom is 0.407 e. The highest BCUT2D eigenvalue weighted by Crippen LogP contribution is 2.31. The first-order chi connectivity index (χ1) is 37.1. The lowest BCUT2D eigenvalue weighted by Gasteiger charge is -2.36. The molecule has 0 fully saturated rings. The van der Waals surface area contributed by atoms with Crippen LogP contribution in [0.3, 0.4) is 0 Å². The van der Waals surface area contributed by atoms with E-state index in [1.807, 2.05) is 128 Å². The number of rotatable bonds is 37. The summed E-state index contributed by atoms with van der Waals surface area (Å²) in [6.45, 7) is 17.5. The van der Waals surface area contributed by atoms with Gasteiger partial charge in [-0.1, -0.05) is 116 Å². The molecule has 3 amide bonds. The van der Waals surface area contributed by atoms with E-state index in [1.54, 1.807) is 18.3 Å². The summed E-state index contributed by atoms with van der Waals surface area (Å²) in [6, 6.07) is 20.6. The fourth-order valence-electron chi connectivity index (χ4n) is 8.24. The molecule has 0 saturated carbocycles. The van der Waals surface area contributed by atoms with Crippen LogP contribution < -0.4 is 21.8 Å². The van der Waals surface area contributed by atoms with Crippen molar-refractivity contribution in [2.45, 2.75) is 106 Å². The topological polar surface area (TPSA) is 254 Å². The highest BCUT2D eigenvalue weighted by molar-refractivity contribution is 5.89. The molecule has 0 spiro atoms. The molecule has 0 unspecified atom stereocenters. The summed E-state index contributed by atoms with van der Waals surface area (Å²) in [4.78, 5) is 87.1. The number of ketones is 1. The molecule has 3 aromatic rings. The van der Waals surface area contributed by atoms with Crippen LogP contribution in [0.1, 0.15) is 85.8 Å². The molecule has 1 heterocycles. The van der Waals surface area contributed by atoms with Crippen molar-refractivity contribution < 1.29 is 66.7 Å². The molecule has 3 rings (SSSR count). The highest BCUT2D eigenvalue weighted by atomic mass is 16.6. The summed E-state index contributed by atoms with van der Waals surface area (Å²) in [5, 5.41) is 6.99. The molecule has 5 atom stereocenters. The van der Waals surface area contributed by atoms with Gasteiger partial charge in [-0.3, -0.25) is 34.4 Å². The Bertz CT molecular complexity index is 2220. The Morgan fingerprint density at radius 1 is 0.667 bits per heavy atom. The Hall–Kier alpha value is -5.87. The zero-order valence-electron chi connectivity index (χ0n) is 47.7. The van der Waals surface area contributed by atoms with Crippen molar-refractivity contribution in [3.63, 3.8) is 0 Å². The molecule has 2 aromatic carbocycles. The zero-order valence-corrected chi connectivity index (χ0v) is 47.7. The van der Waals surface area contributed by atoms with Crippen molar-refractivity contribution in [3.8, 4) is 11.3 Å². The largest absolute Gasteiger partial charge is 0.469 e. The molecular formula is C58H88N6O14. The Labute approximate surface area is 461 Å². The van der Waals surface area contributed by atoms with Crippen LogP contribution in [-0.4, -0.2) is 157 Å². The number of nitrogens with zero attached hydrogens (tertiary/aromatic N) is 2. The first-order valence-electron chi connectivity index (χ1n) is 26.8. The molecule has 20 nitrogen and oxygen atoms in total. The van der Waals surface area contributed by atoms with E-state index in [-0.39, 0.29) is 63.9 Å². The van der Waals surface area contributed by atoms with Crippen LogP contribution in [0, 0.1) is 28.6 Å². The maximum absolute atomic E-state index is 14.9. The average molecular weight is 1090 g/mol. The van der Waals surface area contributed by atoms with E-state index in [0.717, 1.165) is 22.4 Å². The Kier molecular flexibility index (Phi) is 30.3. The summed E-state index contributed by atoms with van der Waals surface area (Å²) in [6.07, 6.45) is -0.0974. The van der Waals surface area contributed by atoms with Gasteiger partial charge in [0, 0.05) is 37.8 Å². The Morgan fingerprint density at radius 3 is 1.79 bits per heavy atom. The molecule has 0 saturated heterocycles. The van der Waals surface area contributed by atoms with Crippen LogP contribution in [0.25, 0.3) is 11.3 Å². The third-order valence-electron chi connectivity index (χ3n) is 12.5. The number of esters is 2. The van der Waals surface area contributed by atoms with Gasteiger partial charge in [0.1, 0.15) is 19.3 Å². The molecule has 0 radical (unpaired) electrons. The Balaban J connectivity index is 1.94. The predicted molar refractivity (Wildman–Crippen MR) is 294 cm³/mol. The van der Waals surface area contributed by atoms with Crippen molar-refractivity contribution in [3.05, 3.63) is 90.1 Å². The summed E-state index contributed by atoms with van der Waals surface area (Å²) < 4.78 is 43.7. The SMILES string of the molecule is COCCOCCOCCOCCOCCOC(=O)N[C@H](C(=O)C[C@@H](Cc1ccccc1)[C@H](CN(Cc1ccc(-c2ccccn2)cc1)NC(=O)[C@@H](CC(=O)OC)C(C)(C)C)OC(=O)CNC(=O)[C@@H](N)CC(C)C)C(C)(C)C. The molecule has 20 heteroatoms. The number of carbonyl (C=O) groups is 6. The number of nitrogens with two attached hydrogens (primary N) is 1. The molecule has 0 aliphatic heterocycles. The fourth-order valence-corrected chi connectivity index (χ4v) is 8.24. The van der Waals surface area contributed by atoms with Gasteiger partial charge in [0.15, 0.2) is 5.78 Å². The van der Waals surface area contributed by atoms with E-state index >= 15 is 0 Å². The van der Waals surface area contributed by atoms with Crippen LogP contribution in [0.15, 0.2) is 79.0 Å². The number of alkyl carbamates (subject to hydrolysis) is 1. The number of Topliss-reactive ketones (excluding diaryl/α,β-unsaturated/α-hetero) is 1. The molecule has 1 aromatic heterocycles. The van der Waals surface area contributed by atoms with Crippen molar-refractivity contribution in [2.75, 3.05) is 93.4 Å². The van der Waals surface area contributed by atoms with Crippen molar-refractivity contribution >= 4 is 35.6 Å². The number of ether oxygens (including phenoxy) is 8. The number of nitrogens with one attached hydrogen (secondary N) is 3. The van der Waals surface area contributed by atoms with E-state index in [1.165, 1.54) is 7.11 Å². The van der Waals surface area contributed by atoms with Gasteiger partial charge in [0.05, 0.1) is 103 Å². The number of pyridine rings is 1. The van der Waals surface area contributed by atoms with Crippen molar-refractivity contribution in [1.29, 1.82) is 0 Å². The number of carbonyl (C=O) groups excluding carboxylic acids is 6. The fraction of sp³-hybridized carbons (Fsp3) is 0.603. The van der Waals surface area contributed by atoms with E-state index in [0.29, 0.717) is 52.7 Å². The molecule has 0 bridgehead atoms. The van der Waals surface area contributed by atoms with Gasteiger partial charge in [0.25, 0.3) is 0 Å². The monoisotopic (exact) mass is 1090 g/mol. The first-order valence-corrected chi connectivity index (χ1v) is 26.8. The second-order valence-electron chi connectivity index (χ2n) is 21.6. The summed E-state index contributed by atoms with van der Waals surface area (Å²) in [5.74, 6) is -4.30. The number of methoxy groups -OCH3 is 2. The number of benzene rings is 2. The normalized spacial score (nSPS) is 13.7. The quantitative estimate of drug-likeness (QED) is 0.0228. The van der Waals surface area contributed by atoms with Crippen LogP contribution in [-0.2, 0) is 74.8 Å². The van der Waals surface area contributed by atoms with E-state index < -0.39 is 77.2 Å². The van der Waals surface area contributed by atoms with Gasteiger partial charge in [-0.25, -0.2) is 9.80 Å². The van der Waals surface area contributed by atoms with Crippen LogP contribution in [0.5, 0.6) is 0 Å². The van der Waals surface area contributed by atoms with Gasteiger partial charge >= 0.3 is 18.0 Å². The summed E-state index contributed by atoms with van der Waals surface area (Å²) in [7, 11) is 2.87. The molecule has 5 N–H and O–H groups in total. The van der Waals surface area contributed by atoms with Gasteiger partial charge in [-0.05, 0) is 52.8 Å². The molecule has 78 heavy (non-hydrogen) atoms. The van der Waals surface area contributed by atoms with Gasteiger partial charge in [0.2, 0.25) is 11.8 Å².